The van der Waals surface area contributed by atoms with Crippen LogP contribution in [-0.4, -0.2) is 46.4 Å². The molecule has 0 radical (unpaired) electrons. The first kappa shape index (κ1) is 23.4. The molecule has 0 unspecified atom stereocenters. The molecule has 0 spiro atoms. The van der Waals surface area contributed by atoms with Gasteiger partial charge in [-0.15, -0.1) is 0 Å². The fraction of sp³-hybridized carbons (Fsp3) is 0.375. The number of carbonyl (C=O) groups is 1. The summed E-state index contributed by atoms with van der Waals surface area (Å²) in [6.07, 6.45) is 0. The van der Waals surface area contributed by atoms with Crippen LogP contribution < -0.4 is 15.0 Å². The van der Waals surface area contributed by atoms with Crippen LogP contribution in [0.2, 0.25) is 5.02 Å². The Morgan fingerprint density at radius 2 is 1.94 bits per heavy atom. The highest BCUT2D eigenvalue weighted by Gasteiger charge is 2.18. The molecule has 3 aromatic rings. The molecule has 1 aliphatic heterocycles. The molecule has 7 nitrogen and oxygen atoms in total. The van der Waals surface area contributed by atoms with Crippen molar-refractivity contribution in [1.82, 2.24) is 14.5 Å². The first-order chi connectivity index (χ1) is 15.8. The normalized spacial score (nSPS) is 12.9. The number of thioether (sulfide) groups is 1. The number of hydrogen-bond acceptors (Lipinski definition) is 6. The van der Waals surface area contributed by atoms with Gasteiger partial charge in [0, 0.05) is 25.2 Å². The van der Waals surface area contributed by atoms with Gasteiger partial charge in [0.15, 0.2) is 16.7 Å². The van der Waals surface area contributed by atoms with Gasteiger partial charge in [-0.1, -0.05) is 43.3 Å². The molecule has 0 saturated heterocycles. The molecule has 1 aliphatic rings. The van der Waals surface area contributed by atoms with Crippen molar-refractivity contribution < 1.29 is 14.3 Å². The molecule has 174 valence electrons. The van der Waals surface area contributed by atoms with E-state index in [1.807, 2.05) is 32.0 Å². The summed E-state index contributed by atoms with van der Waals surface area (Å²) in [4.78, 5) is 32.3. The van der Waals surface area contributed by atoms with E-state index in [9.17, 15) is 9.59 Å². The lowest BCUT2D eigenvalue weighted by molar-refractivity contribution is -0.127. The maximum atomic E-state index is 13.1. The molecule has 4 rings (SSSR count). The molecule has 0 fully saturated rings. The molecule has 0 N–H and O–H groups in total. The van der Waals surface area contributed by atoms with Crippen molar-refractivity contribution in [1.29, 1.82) is 0 Å². The van der Waals surface area contributed by atoms with Gasteiger partial charge >= 0.3 is 0 Å². The van der Waals surface area contributed by atoms with Crippen molar-refractivity contribution in [2.24, 2.45) is 5.92 Å². The fourth-order valence-electron chi connectivity index (χ4n) is 3.59. The van der Waals surface area contributed by atoms with Crippen molar-refractivity contribution in [3.63, 3.8) is 0 Å². The third-order valence-electron chi connectivity index (χ3n) is 5.21. The molecule has 0 saturated carbocycles. The van der Waals surface area contributed by atoms with Gasteiger partial charge in [-0.2, -0.15) is 0 Å². The third kappa shape index (κ3) is 5.45. The number of halogens is 1. The van der Waals surface area contributed by atoms with Crippen molar-refractivity contribution in [2.75, 3.05) is 26.0 Å². The number of aromatic nitrogens is 2. The van der Waals surface area contributed by atoms with E-state index in [2.05, 4.69) is 4.98 Å². The van der Waals surface area contributed by atoms with Crippen LogP contribution in [0.5, 0.6) is 11.5 Å². The molecule has 0 bridgehead atoms. The second-order valence-electron chi connectivity index (χ2n) is 8.38. The Bertz CT molecular complexity index is 1240. The number of hydrogen-bond donors (Lipinski definition) is 0. The molecule has 1 amide bonds. The summed E-state index contributed by atoms with van der Waals surface area (Å²) in [5, 5.41) is 1.51. The van der Waals surface area contributed by atoms with Gasteiger partial charge in [-0.05, 0) is 41.8 Å². The van der Waals surface area contributed by atoms with E-state index >= 15 is 0 Å². The predicted octanol–water partition coefficient (Wildman–Crippen LogP) is 4.23. The zero-order valence-corrected chi connectivity index (χ0v) is 20.4. The second kappa shape index (κ2) is 10.1. The van der Waals surface area contributed by atoms with Crippen LogP contribution in [0.4, 0.5) is 0 Å². The van der Waals surface area contributed by atoms with Crippen LogP contribution in [0, 0.1) is 5.92 Å². The highest BCUT2D eigenvalue weighted by Crippen LogP contribution is 2.31. The van der Waals surface area contributed by atoms with Gasteiger partial charge in [0.05, 0.1) is 16.7 Å². The summed E-state index contributed by atoms with van der Waals surface area (Å²) >= 11 is 7.36. The van der Waals surface area contributed by atoms with Crippen molar-refractivity contribution in [2.45, 2.75) is 32.1 Å². The Labute approximate surface area is 201 Å². The average molecular weight is 488 g/mol. The van der Waals surface area contributed by atoms with Gasteiger partial charge in [0.25, 0.3) is 5.56 Å². The van der Waals surface area contributed by atoms with Gasteiger partial charge in [0.1, 0.15) is 13.2 Å². The van der Waals surface area contributed by atoms with Crippen molar-refractivity contribution in [3.05, 3.63) is 57.3 Å². The number of amides is 1. The molecule has 2 aromatic carbocycles. The lowest BCUT2D eigenvalue weighted by Gasteiger charge is -2.21. The van der Waals surface area contributed by atoms with Crippen LogP contribution >= 0.6 is 23.4 Å². The van der Waals surface area contributed by atoms with E-state index in [1.165, 1.54) is 11.8 Å². The molecule has 9 heteroatoms. The third-order valence-corrected chi connectivity index (χ3v) is 6.40. The Kier molecular flexibility index (Phi) is 7.14. The van der Waals surface area contributed by atoms with Gasteiger partial charge < -0.3 is 14.4 Å². The lowest BCUT2D eigenvalue weighted by atomic mass is 10.2. The van der Waals surface area contributed by atoms with Crippen LogP contribution in [-0.2, 0) is 17.9 Å². The highest BCUT2D eigenvalue weighted by molar-refractivity contribution is 7.99. The zero-order valence-electron chi connectivity index (χ0n) is 18.8. The van der Waals surface area contributed by atoms with E-state index in [4.69, 9.17) is 21.1 Å². The minimum atomic E-state index is -0.143. The number of benzene rings is 2. The highest BCUT2D eigenvalue weighted by atomic mass is 35.5. The molecular formula is C24H26ClN3O4S. The summed E-state index contributed by atoms with van der Waals surface area (Å²) in [5.74, 6) is 1.78. The predicted molar refractivity (Wildman–Crippen MR) is 130 cm³/mol. The molecule has 0 atom stereocenters. The number of ether oxygens (including phenoxy) is 2. The largest absolute Gasteiger partial charge is 0.486 e. The van der Waals surface area contributed by atoms with Crippen LogP contribution in [0.3, 0.4) is 0 Å². The van der Waals surface area contributed by atoms with Gasteiger partial charge in [0.2, 0.25) is 5.91 Å². The summed E-state index contributed by atoms with van der Waals surface area (Å²) in [5.41, 5.74) is 1.39. The van der Waals surface area contributed by atoms with Gasteiger partial charge in [-0.3, -0.25) is 14.2 Å². The van der Waals surface area contributed by atoms with Crippen LogP contribution in [0.15, 0.2) is 46.3 Å². The molecular weight excluding hydrogens is 462 g/mol. The zero-order chi connectivity index (χ0) is 23.5. The minimum Gasteiger partial charge on any atom is -0.486 e. The molecule has 1 aromatic heterocycles. The quantitative estimate of drug-likeness (QED) is 0.367. The Morgan fingerprint density at radius 1 is 1.18 bits per heavy atom. The monoisotopic (exact) mass is 487 g/mol. The first-order valence-corrected chi connectivity index (χ1v) is 12.1. The molecule has 2 heterocycles. The molecule has 33 heavy (non-hydrogen) atoms. The summed E-state index contributed by atoms with van der Waals surface area (Å²) in [6, 6.07) is 10.8. The number of nitrogens with zero attached hydrogens (tertiary/aromatic N) is 3. The van der Waals surface area contributed by atoms with E-state index in [0.717, 1.165) is 11.3 Å². The van der Waals surface area contributed by atoms with Crippen molar-refractivity contribution in [3.8, 4) is 11.5 Å². The van der Waals surface area contributed by atoms with E-state index in [-0.39, 0.29) is 23.1 Å². The second-order valence-corrected chi connectivity index (χ2v) is 9.76. The summed E-state index contributed by atoms with van der Waals surface area (Å²) in [7, 11) is 1.76. The van der Waals surface area contributed by atoms with E-state index in [1.54, 1.807) is 34.7 Å². The maximum Gasteiger partial charge on any atom is 0.262 e. The fourth-order valence-corrected chi connectivity index (χ4v) is 4.71. The summed E-state index contributed by atoms with van der Waals surface area (Å²) < 4.78 is 12.8. The Morgan fingerprint density at radius 3 is 2.70 bits per heavy atom. The summed E-state index contributed by atoms with van der Waals surface area (Å²) in [6.45, 7) is 6.09. The molecule has 0 aliphatic carbocycles. The minimum absolute atomic E-state index is 0.0589. The van der Waals surface area contributed by atoms with Gasteiger partial charge in [-0.25, -0.2) is 4.98 Å². The first-order valence-electron chi connectivity index (χ1n) is 10.8. The Hall–Kier alpha value is -2.71. The maximum absolute atomic E-state index is 13.1. The number of fused-ring (bicyclic) bond motifs is 2. The number of rotatable bonds is 7. The average Bonchev–Trinajstić information content (AvgIpc) is 2.79. The Balaban J connectivity index is 1.49. The lowest BCUT2D eigenvalue weighted by Crippen LogP contribution is -2.29. The standard InChI is InChI=1S/C24H26ClN3O4S/c1-15(2)12-28-23(30)18-11-17(25)5-6-19(18)26-24(28)33-14-22(29)27(3)13-16-4-7-20-21(10-16)32-9-8-31-20/h4-7,10-11,15H,8-9,12-14H2,1-3H3. The topological polar surface area (TPSA) is 73.7 Å². The number of carbonyl (C=O) groups excluding carboxylic acids is 1. The van der Waals surface area contributed by atoms with Crippen LogP contribution in [0.25, 0.3) is 10.9 Å². The smallest absolute Gasteiger partial charge is 0.262 e. The van der Waals surface area contributed by atoms with Crippen molar-refractivity contribution >= 4 is 40.2 Å². The SMILES string of the molecule is CC(C)Cn1c(SCC(=O)N(C)Cc2ccc3c(c2)OCCO3)nc2ccc(Cl)cc2c1=O. The van der Waals surface area contributed by atoms with E-state index < -0.39 is 0 Å². The van der Waals surface area contributed by atoms with E-state index in [0.29, 0.717) is 53.1 Å². The van der Waals surface area contributed by atoms with Crippen LogP contribution in [0.1, 0.15) is 19.4 Å².